The highest BCUT2D eigenvalue weighted by molar-refractivity contribution is 5.85. The lowest BCUT2D eigenvalue weighted by molar-refractivity contribution is 0.0684. The molecule has 0 aliphatic heterocycles. The van der Waals surface area contributed by atoms with Crippen LogP contribution in [-0.2, 0) is 6.54 Å². The molecule has 0 amide bonds. The molecule has 2 rings (SSSR count). The van der Waals surface area contributed by atoms with Gasteiger partial charge in [0.2, 0.25) is 0 Å². The van der Waals surface area contributed by atoms with Gasteiger partial charge in [0.1, 0.15) is 17.1 Å². The third-order valence-corrected chi connectivity index (χ3v) is 2.32. The number of carboxylic acids is 1. The van der Waals surface area contributed by atoms with Gasteiger partial charge in [-0.05, 0) is 13.0 Å². The summed E-state index contributed by atoms with van der Waals surface area (Å²) in [4.78, 5) is 22.6. The largest absolute Gasteiger partial charge is 0.477 e. The van der Waals surface area contributed by atoms with Gasteiger partial charge >= 0.3 is 5.97 Å². The fourth-order valence-electron chi connectivity index (χ4n) is 1.41. The molecule has 0 saturated carbocycles. The summed E-state index contributed by atoms with van der Waals surface area (Å²) in [5.41, 5.74) is 0.449. The Labute approximate surface area is 95.3 Å². The number of carboxylic acid groups (broad SMARTS) is 1. The number of carbonyl (C=O) groups is 1. The first-order valence-electron chi connectivity index (χ1n) is 4.81. The number of pyridine rings is 1. The maximum absolute atomic E-state index is 11.6. The van der Waals surface area contributed by atoms with Gasteiger partial charge < -0.3 is 5.11 Å². The topological polar surface area (TPSA) is 98.2 Å². The molecule has 7 heteroatoms. The second-order valence-corrected chi connectivity index (χ2v) is 3.44. The Bertz CT molecular complexity index is 614. The Morgan fingerprint density at radius 2 is 2.24 bits per heavy atom. The molecule has 0 aliphatic carbocycles. The van der Waals surface area contributed by atoms with Crippen molar-refractivity contribution in [3.8, 4) is 0 Å². The van der Waals surface area contributed by atoms with Crippen LogP contribution < -0.4 is 5.56 Å². The summed E-state index contributed by atoms with van der Waals surface area (Å²) in [5.74, 6) is -1.17. The number of hydrogen-bond acceptors (Lipinski definition) is 5. The minimum atomic E-state index is -1.17. The Hall–Kier alpha value is -2.44. The molecule has 2 aromatic heterocycles. The van der Waals surface area contributed by atoms with Crippen molar-refractivity contribution in [2.75, 3.05) is 0 Å². The molecule has 7 nitrogen and oxygen atoms in total. The van der Waals surface area contributed by atoms with Gasteiger partial charge in [-0.3, -0.25) is 9.36 Å². The van der Waals surface area contributed by atoms with Crippen molar-refractivity contribution >= 4 is 5.97 Å². The minimum absolute atomic E-state index is 0.0244. The second-order valence-electron chi connectivity index (χ2n) is 3.44. The molecule has 0 aromatic carbocycles. The standard InChI is InChI=1S/C10H9N3O4/c1-6-7(12-17-11-6)5-13-8(10(15)16)3-2-4-9(13)14/h2-4H,5H2,1H3,(H,15,16). The van der Waals surface area contributed by atoms with E-state index in [9.17, 15) is 9.59 Å². The molecule has 2 heterocycles. The van der Waals surface area contributed by atoms with Crippen LogP contribution in [0.2, 0.25) is 0 Å². The van der Waals surface area contributed by atoms with Gasteiger partial charge in [0.15, 0.2) is 0 Å². The first-order chi connectivity index (χ1) is 8.09. The summed E-state index contributed by atoms with van der Waals surface area (Å²) in [6, 6.07) is 4.04. The number of aryl methyl sites for hydroxylation is 1. The van der Waals surface area contributed by atoms with E-state index in [4.69, 9.17) is 5.11 Å². The van der Waals surface area contributed by atoms with Crippen molar-refractivity contribution in [3.05, 3.63) is 45.6 Å². The van der Waals surface area contributed by atoms with Gasteiger partial charge in [-0.2, -0.15) is 0 Å². The maximum Gasteiger partial charge on any atom is 0.352 e. The fourth-order valence-corrected chi connectivity index (χ4v) is 1.41. The summed E-state index contributed by atoms with van der Waals surface area (Å²) >= 11 is 0. The van der Waals surface area contributed by atoms with Crippen LogP contribution >= 0.6 is 0 Å². The van der Waals surface area contributed by atoms with Crippen molar-refractivity contribution in [1.82, 2.24) is 14.9 Å². The maximum atomic E-state index is 11.6. The zero-order valence-electron chi connectivity index (χ0n) is 8.95. The summed E-state index contributed by atoms with van der Waals surface area (Å²) in [7, 11) is 0. The average Bonchev–Trinajstić information content (AvgIpc) is 2.67. The van der Waals surface area contributed by atoms with Crippen molar-refractivity contribution < 1.29 is 14.5 Å². The normalized spacial score (nSPS) is 10.4. The number of hydrogen-bond donors (Lipinski definition) is 1. The number of rotatable bonds is 3. The molecule has 0 spiro atoms. The summed E-state index contributed by atoms with van der Waals surface area (Å²) in [5, 5.41) is 16.2. The lowest BCUT2D eigenvalue weighted by atomic mass is 10.3. The quantitative estimate of drug-likeness (QED) is 0.820. The molecular weight excluding hydrogens is 226 g/mol. The van der Waals surface area contributed by atoms with Crippen LogP contribution in [0.5, 0.6) is 0 Å². The monoisotopic (exact) mass is 235 g/mol. The van der Waals surface area contributed by atoms with E-state index in [1.807, 2.05) is 0 Å². The average molecular weight is 235 g/mol. The third kappa shape index (κ3) is 2.07. The van der Waals surface area contributed by atoms with Crippen LogP contribution in [-0.4, -0.2) is 26.0 Å². The van der Waals surface area contributed by atoms with Crippen LogP contribution in [0.25, 0.3) is 0 Å². The SMILES string of the molecule is Cc1nonc1Cn1c(C(=O)O)cccc1=O. The van der Waals surface area contributed by atoms with Gasteiger partial charge in [0.05, 0.1) is 6.54 Å². The first kappa shape index (κ1) is 11.1. The van der Waals surface area contributed by atoms with E-state index in [1.165, 1.54) is 18.2 Å². The van der Waals surface area contributed by atoms with E-state index in [-0.39, 0.29) is 12.2 Å². The Balaban J connectivity index is 2.49. The summed E-state index contributed by atoms with van der Waals surface area (Å²) < 4.78 is 5.60. The second kappa shape index (κ2) is 4.20. The molecule has 17 heavy (non-hydrogen) atoms. The minimum Gasteiger partial charge on any atom is -0.477 e. The molecule has 88 valence electrons. The fraction of sp³-hybridized carbons (Fsp3) is 0.200. The zero-order chi connectivity index (χ0) is 12.4. The zero-order valence-corrected chi connectivity index (χ0v) is 8.95. The lowest BCUT2D eigenvalue weighted by Gasteiger charge is -2.06. The molecule has 0 aliphatic rings. The van der Waals surface area contributed by atoms with Gasteiger partial charge in [-0.15, -0.1) is 0 Å². The molecule has 0 bridgehead atoms. The predicted molar refractivity (Wildman–Crippen MR) is 55.8 cm³/mol. The lowest BCUT2D eigenvalue weighted by Crippen LogP contribution is -2.25. The van der Waals surface area contributed by atoms with Crippen molar-refractivity contribution in [3.63, 3.8) is 0 Å². The predicted octanol–water partition coefficient (Wildman–Crippen LogP) is 0.286. The van der Waals surface area contributed by atoms with E-state index in [2.05, 4.69) is 14.9 Å². The van der Waals surface area contributed by atoms with Gasteiger partial charge in [0.25, 0.3) is 5.56 Å². The number of nitrogens with zero attached hydrogens (tertiary/aromatic N) is 3. The molecular formula is C10H9N3O4. The van der Waals surface area contributed by atoms with E-state index in [0.29, 0.717) is 11.4 Å². The molecule has 0 radical (unpaired) electrons. The van der Waals surface area contributed by atoms with Crippen LogP contribution in [0, 0.1) is 6.92 Å². The number of aromatic carboxylic acids is 1. The highest BCUT2D eigenvalue weighted by Crippen LogP contribution is 2.05. The van der Waals surface area contributed by atoms with Gasteiger partial charge in [-0.1, -0.05) is 16.4 Å². The van der Waals surface area contributed by atoms with Crippen LogP contribution in [0.4, 0.5) is 0 Å². The summed E-state index contributed by atoms with van der Waals surface area (Å²) in [6.45, 7) is 1.69. The Morgan fingerprint density at radius 1 is 1.47 bits per heavy atom. The third-order valence-electron chi connectivity index (χ3n) is 2.32. The molecule has 0 saturated heterocycles. The highest BCUT2D eigenvalue weighted by atomic mass is 16.6. The molecule has 1 N–H and O–H groups in total. The molecule has 0 fully saturated rings. The van der Waals surface area contributed by atoms with Crippen molar-refractivity contribution in [2.45, 2.75) is 13.5 Å². The molecule has 2 aromatic rings. The van der Waals surface area contributed by atoms with Gasteiger partial charge in [-0.25, -0.2) is 9.42 Å². The smallest absolute Gasteiger partial charge is 0.352 e. The summed E-state index contributed by atoms with van der Waals surface area (Å²) in [6.07, 6.45) is 0. The molecule has 0 atom stereocenters. The number of aromatic nitrogens is 3. The van der Waals surface area contributed by atoms with Crippen molar-refractivity contribution in [2.24, 2.45) is 0 Å². The van der Waals surface area contributed by atoms with Crippen molar-refractivity contribution in [1.29, 1.82) is 0 Å². The van der Waals surface area contributed by atoms with Crippen LogP contribution in [0.1, 0.15) is 21.9 Å². The van der Waals surface area contributed by atoms with Gasteiger partial charge in [0, 0.05) is 6.07 Å². The van der Waals surface area contributed by atoms with E-state index < -0.39 is 11.5 Å². The van der Waals surface area contributed by atoms with E-state index in [1.54, 1.807) is 6.92 Å². The van der Waals surface area contributed by atoms with E-state index in [0.717, 1.165) is 4.57 Å². The van der Waals surface area contributed by atoms with Crippen LogP contribution in [0.3, 0.4) is 0 Å². The van der Waals surface area contributed by atoms with E-state index >= 15 is 0 Å². The highest BCUT2D eigenvalue weighted by Gasteiger charge is 2.13. The van der Waals surface area contributed by atoms with Crippen LogP contribution in [0.15, 0.2) is 27.6 Å². The first-order valence-corrected chi connectivity index (χ1v) is 4.81. The molecule has 0 unspecified atom stereocenters. The Morgan fingerprint density at radius 3 is 2.82 bits per heavy atom. The Kier molecular flexibility index (Phi) is 2.73.